The van der Waals surface area contributed by atoms with E-state index in [1.165, 1.54) is 0 Å². The van der Waals surface area contributed by atoms with Gasteiger partial charge in [0.1, 0.15) is 0 Å². The molecule has 0 saturated carbocycles. The van der Waals surface area contributed by atoms with Gasteiger partial charge in [0, 0.05) is 18.8 Å². The third-order valence-corrected chi connectivity index (χ3v) is 1.77. The first-order chi connectivity index (χ1) is 6.54. The van der Waals surface area contributed by atoms with Crippen molar-refractivity contribution in [3.63, 3.8) is 0 Å². The van der Waals surface area contributed by atoms with Crippen LogP contribution in [0.2, 0.25) is 0 Å². The Labute approximate surface area is 85.8 Å². The summed E-state index contributed by atoms with van der Waals surface area (Å²) in [5, 5.41) is 8.53. The van der Waals surface area contributed by atoms with Crippen LogP contribution in [0.25, 0.3) is 0 Å². The van der Waals surface area contributed by atoms with Gasteiger partial charge < -0.3 is 9.84 Å². The van der Waals surface area contributed by atoms with Crippen LogP contribution in [0.1, 0.15) is 33.1 Å². The smallest absolute Gasteiger partial charge is 0.330 e. The third-order valence-electron chi connectivity index (χ3n) is 1.77. The number of unbranched alkanes of at least 4 members (excludes halogenated alkanes) is 1. The number of aliphatic carboxylic acids is 1. The third kappa shape index (κ3) is 7.80. The second-order valence-corrected chi connectivity index (χ2v) is 3.83. The molecule has 0 fully saturated rings. The van der Waals surface area contributed by atoms with Gasteiger partial charge in [-0.2, -0.15) is 0 Å². The number of ether oxygens (including phenoxy) is 1. The van der Waals surface area contributed by atoms with Crippen LogP contribution in [0, 0.1) is 5.92 Å². The Morgan fingerprint density at radius 2 is 2.07 bits per heavy atom. The summed E-state index contributed by atoms with van der Waals surface area (Å²) in [5.41, 5.74) is 0.286. The van der Waals surface area contributed by atoms with Gasteiger partial charge in [0.2, 0.25) is 0 Å². The highest BCUT2D eigenvalue weighted by Crippen LogP contribution is 2.05. The molecule has 14 heavy (non-hydrogen) atoms. The number of carboxylic acid groups (broad SMARTS) is 1. The quantitative estimate of drug-likeness (QED) is 0.483. The molecule has 0 atom stereocenters. The minimum absolute atomic E-state index is 0.286. The molecular formula is C11H20O3. The molecule has 1 N–H and O–H groups in total. The highest BCUT2D eigenvalue weighted by molar-refractivity contribution is 5.85. The first-order valence-electron chi connectivity index (χ1n) is 5.03. The van der Waals surface area contributed by atoms with Gasteiger partial charge in [0.05, 0.1) is 0 Å². The fourth-order valence-corrected chi connectivity index (χ4v) is 0.968. The largest absolute Gasteiger partial charge is 0.478 e. The molecule has 0 aliphatic carbocycles. The van der Waals surface area contributed by atoms with Crippen LogP contribution in [0.4, 0.5) is 0 Å². The average Bonchev–Trinajstić information content (AvgIpc) is 2.09. The zero-order chi connectivity index (χ0) is 11.0. The van der Waals surface area contributed by atoms with E-state index in [1.807, 2.05) is 0 Å². The standard InChI is InChI=1S/C11H20O3/c1-9(2)8-14-7-5-4-6-10(3)11(12)13/h9H,3-8H2,1-2H3,(H,12,13). The van der Waals surface area contributed by atoms with Gasteiger partial charge >= 0.3 is 5.97 Å². The predicted molar refractivity (Wildman–Crippen MR) is 56.3 cm³/mol. The van der Waals surface area contributed by atoms with E-state index >= 15 is 0 Å². The van der Waals surface area contributed by atoms with Crippen molar-refractivity contribution in [3.05, 3.63) is 12.2 Å². The van der Waals surface area contributed by atoms with Crippen molar-refractivity contribution >= 4 is 5.97 Å². The van der Waals surface area contributed by atoms with Crippen LogP contribution in [0.3, 0.4) is 0 Å². The van der Waals surface area contributed by atoms with Gasteiger partial charge in [-0.1, -0.05) is 20.4 Å². The summed E-state index contributed by atoms with van der Waals surface area (Å²) in [7, 11) is 0. The Bertz CT molecular complexity index is 185. The molecule has 3 nitrogen and oxygen atoms in total. The normalized spacial score (nSPS) is 10.5. The maximum absolute atomic E-state index is 10.4. The van der Waals surface area contributed by atoms with Gasteiger partial charge in [-0.05, 0) is 25.2 Å². The summed E-state index contributed by atoms with van der Waals surface area (Å²) in [4.78, 5) is 10.4. The summed E-state index contributed by atoms with van der Waals surface area (Å²) >= 11 is 0. The topological polar surface area (TPSA) is 46.5 Å². The monoisotopic (exact) mass is 200 g/mol. The lowest BCUT2D eigenvalue weighted by atomic mass is 10.1. The fraction of sp³-hybridized carbons (Fsp3) is 0.727. The lowest BCUT2D eigenvalue weighted by molar-refractivity contribution is -0.132. The molecule has 0 aliphatic rings. The summed E-state index contributed by atoms with van der Waals surface area (Å²) < 4.78 is 5.36. The van der Waals surface area contributed by atoms with E-state index < -0.39 is 5.97 Å². The average molecular weight is 200 g/mol. The molecule has 0 heterocycles. The van der Waals surface area contributed by atoms with Crippen molar-refractivity contribution in [2.45, 2.75) is 33.1 Å². The van der Waals surface area contributed by atoms with Gasteiger partial charge in [0.15, 0.2) is 0 Å². The maximum Gasteiger partial charge on any atom is 0.330 e. The molecule has 0 aromatic heterocycles. The maximum atomic E-state index is 10.4. The van der Waals surface area contributed by atoms with Crippen molar-refractivity contribution in [1.29, 1.82) is 0 Å². The van der Waals surface area contributed by atoms with Crippen molar-refractivity contribution < 1.29 is 14.6 Å². The van der Waals surface area contributed by atoms with Crippen LogP contribution in [-0.4, -0.2) is 24.3 Å². The summed E-state index contributed by atoms with van der Waals surface area (Å²) in [6, 6.07) is 0. The molecule has 0 amide bonds. The Hall–Kier alpha value is -0.830. The summed E-state index contributed by atoms with van der Waals surface area (Å²) in [6.45, 7) is 9.16. The van der Waals surface area contributed by atoms with Gasteiger partial charge in [-0.3, -0.25) is 0 Å². The molecule has 0 aliphatic heterocycles. The van der Waals surface area contributed by atoms with Crippen molar-refractivity contribution in [2.75, 3.05) is 13.2 Å². The molecule has 0 unspecified atom stereocenters. The Morgan fingerprint density at radius 3 is 2.57 bits per heavy atom. The molecule has 0 aromatic carbocycles. The first kappa shape index (κ1) is 13.2. The second kappa shape index (κ2) is 7.56. The van der Waals surface area contributed by atoms with E-state index in [9.17, 15) is 4.79 Å². The lowest BCUT2D eigenvalue weighted by Gasteiger charge is -2.06. The van der Waals surface area contributed by atoms with Crippen LogP contribution in [0.5, 0.6) is 0 Å². The Balaban J connectivity index is 3.22. The molecule has 0 radical (unpaired) electrons. The fourth-order valence-electron chi connectivity index (χ4n) is 0.968. The number of rotatable bonds is 8. The van der Waals surface area contributed by atoms with Gasteiger partial charge in [-0.25, -0.2) is 4.79 Å². The number of hydrogen-bond donors (Lipinski definition) is 1. The zero-order valence-corrected chi connectivity index (χ0v) is 9.08. The first-order valence-corrected chi connectivity index (χ1v) is 5.03. The minimum Gasteiger partial charge on any atom is -0.478 e. The van der Waals surface area contributed by atoms with Crippen LogP contribution >= 0.6 is 0 Å². The molecule has 0 aromatic rings. The van der Waals surface area contributed by atoms with Crippen molar-refractivity contribution in [3.8, 4) is 0 Å². The van der Waals surface area contributed by atoms with Crippen LogP contribution in [0.15, 0.2) is 12.2 Å². The van der Waals surface area contributed by atoms with Gasteiger partial charge in [0.25, 0.3) is 0 Å². The summed E-state index contributed by atoms with van der Waals surface area (Å²) in [6.07, 6.45) is 2.29. The van der Waals surface area contributed by atoms with E-state index in [2.05, 4.69) is 20.4 Å². The van der Waals surface area contributed by atoms with E-state index in [0.29, 0.717) is 18.9 Å². The molecule has 0 spiro atoms. The zero-order valence-electron chi connectivity index (χ0n) is 9.08. The highest BCUT2D eigenvalue weighted by atomic mass is 16.5. The molecular weight excluding hydrogens is 180 g/mol. The number of carboxylic acids is 1. The van der Waals surface area contributed by atoms with Crippen LogP contribution in [-0.2, 0) is 9.53 Å². The SMILES string of the molecule is C=C(CCCCOCC(C)C)C(=O)O. The van der Waals surface area contributed by atoms with E-state index in [-0.39, 0.29) is 5.57 Å². The molecule has 0 bridgehead atoms. The molecule has 0 rings (SSSR count). The predicted octanol–water partition coefficient (Wildman–Crippen LogP) is 2.47. The number of hydrogen-bond acceptors (Lipinski definition) is 2. The van der Waals surface area contributed by atoms with Crippen LogP contribution < -0.4 is 0 Å². The van der Waals surface area contributed by atoms with E-state index in [0.717, 1.165) is 19.4 Å². The summed E-state index contributed by atoms with van der Waals surface area (Å²) in [5.74, 6) is -0.336. The highest BCUT2D eigenvalue weighted by Gasteiger charge is 2.02. The second-order valence-electron chi connectivity index (χ2n) is 3.83. The molecule has 3 heteroatoms. The van der Waals surface area contributed by atoms with E-state index in [1.54, 1.807) is 0 Å². The van der Waals surface area contributed by atoms with E-state index in [4.69, 9.17) is 9.84 Å². The van der Waals surface area contributed by atoms with Gasteiger partial charge in [-0.15, -0.1) is 0 Å². The number of carbonyl (C=O) groups is 1. The lowest BCUT2D eigenvalue weighted by Crippen LogP contribution is -2.04. The minimum atomic E-state index is -0.895. The van der Waals surface area contributed by atoms with Crippen molar-refractivity contribution in [2.24, 2.45) is 5.92 Å². The van der Waals surface area contributed by atoms with Crippen molar-refractivity contribution in [1.82, 2.24) is 0 Å². The Kier molecular flexibility index (Phi) is 7.11. The Morgan fingerprint density at radius 1 is 1.43 bits per heavy atom. The molecule has 0 saturated heterocycles. The molecule has 82 valence electrons.